The molecule has 1 saturated heterocycles. The molecular formula is C7H17NSi. The van der Waals surface area contributed by atoms with Crippen LogP contribution in [0.5, 0.6) is 0 Å². The minimum Gasteiger partial charge on any atom is -0.307 e. The van der Waals surface area contributed by atoms with E-state index in [4.69, 9.17) is 0 Å². The Balaban J connectivity index is 2.51. The van der Waals surface area contributed by atoms with Crippen LogP contribution in [0.25, 0.3) is 0 Å². The average Bonchev–Trinajstić information content (AvgIpc) is 2.16. The van der Waals surface area contributed by atoms with Gasteiger partial charge in [-0.2, -0.15) is 0 Å². The van der Waals surface area contributed by atoms with Gasteiger partial charge in [0.25, 0.3) is 0 Å². The Bertz CT molecular complexity index is 95.1. The summed E-state index contributed by atoms with van der Waals surface area (Å²) in [6, 6.07) is 1.56. The second-order valence-electron chi connectivity index (χ2n) is 3.60. The number of hydrogen-bond acceptors (Lipinski definition) is 1. The van der Waals surface area contributed by atoms with Crippen LogP contribution in [0.2, 0.25) is 6.04 Å². The summed E-state index contributed by atoms with van der Waals surface area (Å²) in [5.41, 5.74) is 0. The molecule has 1 unspecified atom stereocenters. The molecule has 0 aromatic heterocycles. The molecule has 0 aromatic rings. The first kappa shape index (κ1) is 7.29. The smallest absolute Gasteiger partial charge is 0.0443 e. The fourth-order valence-electron chi connectivity index (χ4n) is 1.58. The average molecular weight is 143 g/mol. The first-order chi connectivity index (χ1) is 4.15. The van der Waals surface area contributed by atoms with Gasteiger partial charge in [0.1, 0.15) is 0 Å². The third-order valence-corrected chi connectivity index (χ3v) is 5.68. The van der Waals surface area contributed by atoms with E-state index in [0.29, 0.717) is 5.16 Å². The van der Waals surface area contributed by atoms with E-state index in [0.717, 1.165) is 0 Å². The van der Waals surface area contributed by atoms with Gasteiger partial charge in [-0.3, -0.25) is 0 Å². The van der Waals surface area contributed by atoms with Crippen molar-refractivity contribution in [2.45, 2.75) is 31.0 Å². The predicted octanol–water partition coefficient (Wildman–Crippen LogP) is 0.645. The minimum absolute atomic E-state index is 0.239. The maximum absolute atomic E-state index is 2.42. The van der Waals surface area contributed by atoms with E-state index in [1.54, 1.807) is 6.04 Å². The first-order valence-electron chi connectivity index (χ1n) is 3.83. The normalized spacial score (nSPS) is 38.7. The van der Waals surface area contributed by atoms with Gasteiger partial charge >= 0.3 is 0 Å². The molecule has 0 aromatic carbocycles. The number of rotatable bonds is 1. The van der Waals surface area contributed by atoms with E-state index in [1.807, 2.05) is 0 Å². The summed E-state index contributed by atoms with van der Waals surface area (Å²) in [4.78, 5) is 2.42. The zero-order chi connectivity index (χ0) is 6.91. The van der Waals surface area contributed by atoms with Crippen molar-refractivity contribution < 1.29 is 0 Å². The molecule has 1 atom stereocenters. The molecule has 0 N–H and O–H groups in total. The fourth-order valence-corrected chi connectivity index (χ4v) is 3.79. The summed E-state index contributed by atoms with van der Waals surface area (Å²) in [5, 5.41) is 0.667. The molecule has 0 bridgehead atoms. The van der Waals surface area contributed by atoms with Gasteiger partial charge in [-0.15, -0.1) is 0 Å². The van der Waals surface area contributed by atoms with E-state index in [2.05, 4.69) is 25.9 Å². The summed E-state index contributed by atoms with van der Waals surface area (Å²) >= 11 is 0. The molecule has 0 radical (unpaired) electrons. The lowest BCUT2D eigenvalue weighted by atomic mass is 10.2. The molecule has 1 rings (SSSR count). The Kier molecular flexibility index (Phi) is 1.96. The lowest BCUT2D eigenvalue weighted by Gasteiger charge is -2.31. The van der Waals surface area contributed by atoms with Crippen molar-refractivity contribution >= 4 is 9.52 Å². The first-order valence-corrected chi connectivity index (χ1v) is 5.53. The van der Waals surface area contributed by atoms with Crippen molar-refractivity contribution in [3.05, 3.63) is 0 Å². The number of hydrogen-bond donors (Lipinski definition) is 0. The molecule has 0 aliphatic carbocycles. The van der Waals surface area contributed by atoms with Crippen LogP contribution in [0, 0.1) is 0 Å². The highest BCUT2D eigenvalue weighted by Gasteiger charge is 2.30. The zero-order valence-corrected chi connectivity index (χ0v) is 8.19. The lowest BCUT2D eigenvalue weighted by molar-refractivity contribution is 0.260. The van der Waals surface area contributed by atoms with Crippen molar-refractivity contribution in [3.8, 4) is 0 Å². The van der Waals surface area contributed by atoms with Gasteiger partial charge < -0.3 is 4.90 Å². The lowest BCUT2D eigenvalue weighted by Crippen LogP contribution is -2.43. The molecule has 9 heavy (non-hydrogen) atoms. The highest BCUT2D eigenvalue weighted by atomic mass is 28.2. The van der Waals surface area contributed by atoms with Gasteiger partial charge in [-0.1, -0.05) is 19.4 Å². The Morgan fingerprint density at radius 1 is 1.44 bits per heavy atom. The Hall–Kier alpha value is 0.177. The predicted molar refractivity (Wildman–Crippen MR) is 44.7 cm³/mol. The molecule has 1 fully saturated rings. The van der Waals surface area contributed by atoms with Crippen LogP contribution < -0.4 is 0 Å². The standard InChI is InChI=1S/C7H17NSi/c1-7(8(2)3)5-4-6-9-7/h4-6,9H2,1-3H3. The third kappa shape index (κ3) is 1.35. The van der Waals surface area contributed by atoms with Crippen LogP contribution in [0.1, 0.15) is 19.8 Å². The molecule has 2 heteroatoms. The zero-order valence-electron chi connectivity index (χ0n) is 6.78. The highest BCUT2D eigenvalue weighted by molar-refractivity contribution is 6.41. The van der Waals surface area contributed by atoms with Crippen LogP contribution >= 0.6 is 0 Å². The SMILES string of the molecule is CN(C)C1(C)CCC[SiH2]1. The van der Waals surface area contributed by atoms with E-state index in [9.17, 15) is 0 Å². The van der Waals surface area contributed by atoms with Crippen LogP contribution in [0.15, 0.2) is 0 Å². The van der Waals surface area contributed by atoms with Gasteiger partial charge in [0, 0.05) is 14.7 Å². The van der Waals surface area contributed by atoms with Crippen molar-refractivity contribution in [1.29, 1.82) is 0 Å². The maximum Gasteiger partial charge on any atom is 0.0443 e. The molecule has 0 saturated carbocycles. The quantitative estimate of drug-likeness (QED) is 0.487. The second-order valence-corrected chi connectivity index (χ2v) is 6.33. The van der Waals surface area contributed by atoms with Crippen LogP contribution in [0.3, 0.4) is 0 Å². The van der Waals surface area contributed by atoms with Gasteiger partial charge in [0.05, 0.1) is 0 Å². The van der Waals surface area contributed by atoms with Crippen LogP contribution in [-0.2, 0) is 0 Å². The molecule has 0 amide bonds. The maximum atomic E-state index is 2.42. The van der Waals surface area contributed by atoms with Gasteiger partial charge in [-0.05, 0) is 20.5 Å². The van der Waals surface area contributed by atoms with Crippen LogP contribution in [-0.4, -0.2) is 33.7 Å². The molecule has 54 valence electrons. The van der Waals surface area contributed by atoms with Gasteiger partial charge in [0.15, 0.2) is 0 Å². The molecule has 0 spiro atoms. The number of nitrogens with zero attached hydrogens (tertiary/aromatic N) is 1. The Morgan fingerprint density at radius 3 is 2.33 bits per heavy atom. The largest absolute Gasteiger partial charge is 0.307 e. The van der Waals surface area contributed by atoms with E-state index in [1.165, 1.54) is 12.8 Å². The summed E-state index contributed by atoms with van der Waals surface area (Å²) in [7, 11) is 4.68. The fraction of sp³-hybridized carbons (Fsp3) is 1.00. The second kappa shape index (κ2) is 2.43. The highest BCUT2D eigenvalue weighted by Crippen LogP contribution is 2.26. The third-order valence-electron chi connectivity index (χ3n) is 2.76. The molecule has 1 aliphatic heterocycles. The minimum atomic E-state index is 0.239. The van der Waals surface area contributed by atoms with Crippen molar-refractivity contribution in [2.24, 2.45) is 0 Å². The van der Waals surface area contributed by atoms with Crippen molar-refractivity contribution in [2.75, 3.05) is 14.1 Å². The van der Waals surface area contributed by atoms with Gasteiger partial charge in [-0.25, -0.2) is 0 Å². The topological polar surface area (TPSA) is 3.24 Å². The van der Waals surface area contributed by atoms with Crippen molar-refractivity contribution in [1.82, 2.24) is 4.90 Å². The molecule has 1 aliphatic rings. The molecular weight excluding hydrogens is 126 g/mol. The Labute approximate surface area is 60.3 Å². The summed E-state index contributed by atoms with van der Waals surface area (Å²) in [5.74, 6) is 0. The van der Waals surface area contributed by atoms with Gasteiger partial charge in [0.2, 0.25) is 0 Å². The van der Waals surface area contributed by atoms with E-state index >= 15 is 0 Å². The van der Waals surface area contributed by atoms with E-state index in [-0.39, 0.29) is 9.52 Å². The van der Waals surface area contributed by atoms with Crippen LogP contribution in [0.4, 0.5) is 0 Å². The monoisotopic (exact) mass is 143 g/mol. The molecule has 1 nitrogen and oxygen atoms in total. The van der Waals surface area contributed by atoms with E-state index < -0.39 is 0 Å². The molecule has 1 heterocycles. The summed E-state index contributed by atoms with van der Waals surface area (Å²) < 4.78 is 0. The summed E-state index contributed by atoms with van der Waals surface area (Å²) in [6.07, 6.45) is 2.94. The Morgan fingerprint density at radius 2 is 2.11 bits per heavy atom. The van der Waals surface area contributed by atoms with Crippen molar-refractivity contribution in [3.63, 3.8) is 0 Å². The summed E-state index contributed by atoms with van der Waals surface area (Å²) in [6.45, 7) is 2.42.